The van der Waals surface area contributed by atoms with E-state index in [0.29, 0.717) is 17.3 Å². The smallest absolute Gasteiger partial charge is 0.303 e. The molecular weight excluding hydrogens is 448 g/mol. The standard InChI is InChI=1S/C28H42O7/c1-5-16-7-9-20-19-8-6-17-14-18(10-12-28(17,4)21(19)11-13-27(16,20)3)34-26-24(33-15(2)29)22(30)23(31)25(32)35-26/h5-6,16,18-26,30-32H,1,7-14H2,2-4H3/t16-,18-,19-,20-,21-,22?,23?,24?,25?,26?,27+,28-/m0/s1. The van der Waals surface area contributed by atoms with Crippen LogP contribution in [0.15, 0.2) is 24.3 Å². The zero-order chi connectivity index (χ0) is 25.1. The number of esters is 1. The Hall–Kier alpha value is -1.25. The molecule has 0 amide bonds. The van der Waals surface area contributed by atoms with E-state index in [1.54, 1.807) is 0 Å². The topological polar surface area (TPSA) is 105 Å². The largest absolute Gasteiger partial charge is 0.454 e. The van der Waals surface area contributed by atoms with E-state index in [2.05, 4.69) is 32.6 Å². The first kappa shape index (κ1) is 25.4. The van der Waals surface area contributed by atoms with Crippen LogP contribution in [0.4, 0.5) is 0 Å². The van der Waals surface area contributed by atoms with Crippen molar-refractivity contribution in [2.75, 3.05) is 0 Å². The van der Waals surface area contributed by atoms with E-state index in [1.165, 1.54) is 38.2 Å². The van der Waals surface area contributed by atoms with Crippen LogP contribution >= 0.6 is 0 Å². The van der Waals surface area contributed by atoms with Crippen LogP contribution in [0.1, 0.15) is 72.1 Å². The summed E-state index contributed by atoms with van der Waals surface area (Å²) in [5, 5.41) is 30.4. The highest BCUT2D eigenvalue weighted by molar-refractivity contribution is 5.66. The predicted molar refractivity (Wildman–Crippen MR) is 129 cm³/mol. The summed E-state index contributed by atoms with van der Waals surface area (Å²) in [6, 6.07) is 0. The Morgan fingerprint density at radius 1 is 1.11 bits per heavy atom. The molecule has 0 aromatic rings. The summed E-state index contributed by atoms with van der Waals surface area (Å²) in [5.41, 5.74) is 1.99. The van der Waals surface area contributed by atoms with Crippen LogP contribution in [0, 0.1) is 34.5 Å². The van der Waals surface area contributed by atoms with E-state index in [-0.39, 0.29) is 11.5 Å². The molecule has 7 heteroatoms. The van der Waals surface area contributed by atoms with E-state index in [4.69, 9.17) is 14.2 Å². The lowest BCUT2D eigenvalue weighted by Gasteiger charge is -2.58. The molecule has 3 N–H and O–H groups in total. The molecule has 0 aromatic carbocycles. The molecule has 5 aliphatic rings. The number of carbonyl (C=O) groups is 1. The van der Waals surface area contributed by atoms with Crippen molar-refractivity contribution in [2.45, 2.75) is 109 Å². The number of aliphatic hydroxyl groups is 3. The Kier molecular flexibility index (Phi) is 6.71. The Bertz CT molecular complexity index is 871. The monoisotopic (exact) mass is 490 g/mol. The van der Waals surface area contributed by atoms with Crippen molar-refractivity contribution >= 4 is 5.97 Å². The number of hydrogen-bond donors (Lipinski definition) is 3. The second-order valence-corrected chi connectivity index (χ2v) is 12.2. The predicted octanol–water partition coefficient (Wildman–Crippen LogP) is 3.46. The average Bonchev–Trinajstić information content (AvgIpc) is 3.16. The molecule has 0 radical (unpaired) electrons. The van der Waals surface area contributed by atoms with Crippen LogP contribution in [0.2, 0.25) is 0 Å². The summed E-state index contributed by atoms with van der Waals surface area (Å²) in [6.07, 6.45) is 6.34. The van der Waals surface area contributed by atoms with Gasteiger partial charge in [-0.15, -0.1) is 6.58 Å². The highest BCUT2D eigenvalue weighted by Crippen LogP contribution is 2.66. The maximum atomic E-state index is 11.6. The highest BCUT2D eigenvalue weighted by Gasteiger charge is 2.58. The molecule has 5 unspecified atom stereocenters. The van der Waals surface area contributed by atoms with Gasteiger partial charge in [0.05, 0.1) is 6.10 Å². The molecule has 3 saturated carbocycles. The lowest BCUT2D eigenvalue weighted by atomic mass is 9.47. The second kappa shape index (κ2) is 9.25. The van der Waals surface area contributed by atoms with Crippen LogP contribution in [0.5, 0.6) is 0 Å². The Balaban J connectivity index is 1.30. The van der Waals surface area contributed by atoms with Gasteiger partial charge in [0.15, 0.2) is 12.4 Å². The zero-order valence-corrected chi connectivity index (χ0v) is 21.3. The molecule has 196 valence electrons. The first-order valence-corrected chi connectivity index (χ1v) is 13.4. The van der Waals surface area contributed by atoms with Crippen molar-refractivity contribution in [1.29, 1.82) is 0 Å². The Morgan fingerprint density at radius 2 is 1.89 bits per heavy atom. The fourth-order valence-electron chi connectivity index (χ4n) is 8.61. The van der Waals surface area contributed by atoms with Crippen molar-refractivity contribution < 1.29 is 34.3 Å². The molecule has 1 heterocycles. The zero-order valence-electron chi connectivity index (χ0n) is 21.3. The number of allylic oxidation sites excluding steroid dienone is 2. The maximum Gasteiger partial charge on any atom is 0.303 e. The van der Waals surface area contributed by atoms with Gasteiger partial charge >= 0.3 is 5.97 Å². The summed E-state index contributed by atoms with van der Waals surface area (Å²) in [5.74, 6) is 2.21. The number of aliphatic hydroxyl groups excluding tert-OH is 3. The minimum atomic E-state index is -1.60. The molecule has 1 saturated heterocycles. The molecule has 4 fully saturated rings. The van der Waals surface area contributed by atoms with E-state index in [9.17, 15) is 20.1 Å². The first-order chi connectivity index (χ1) is 16.6. The third-order valence-electron chi connectivity index (χ3n) is 10.6. The number of ether oxygens (including phenoxy) is 3. The normalized spacial score (nSPS) is 51.4. The third kappa shape index (κ3) is 4.11. The lowest BCUT2D eigenvalue weighted by molar-refractivity contribution is -0.349. The van der Waals surface area contributed by atoms with Crippen molar-refractivity contribution in [1.82, 2.24) is 0 Å². The third-order valence-corrected chi connectivity index (χ3v) is 10.6. The van der Waals surface area contributed by atoms with Crippen molar-refractivity contribution in [3.63, 3.8) is 0 Å². The maximum absolute atomic E-state index is 11.6. The first-order valence-electron chi connectivity index (χ1n) is 13.4. The fourth-order valence-corrected chi connectivity index (χ4v) is 8.61. The summed E-state index contributed by atoms with van der Waals surface area (Å²) < 4.78 is 16.8. The summed E-state index contributed by atoms with van der Waals surface area (Å²) >= 11 is 0. The Labute approximate surface area is 208 Å². The van der Waals surface area contributed by atoms with E-state index in [1.807, 2.05) is 0 Å². The fraction of sp³-hybridized carbons (Fsp3) is 0.821. The average molecular weight is 491 g/mol. The van der Waals surface area contributed by atoms with Gasteiger partial charge in [-0.3, -0.25) is 4.79 Å². The van der Waals surface area contributed by atoms with Gasteiger partial charge in [0, 0.05) is 6.92 Å². The lowest BCUT2D eigenvalue weighted by Crippen LogP contribution is -2.60. The van der Waals surface area contributed by atoms with E-state index < -0.39 is 36.9 Å². The van der Waals surface area contributed by atoms with Gasteiger partial charge in [0.25, 0.3) is 0 Å². The van der Waals surface area contributed by atoms with Gasteiger partial charge in [-0.1, -0.05) is 31.6 Å². The van der Waals surface area contributed by atoms with Crippen LogP contribution < -0.4 is 0 Å². The number of hydrogen-bond acceptors (Lipinski definition) is 7. The van der Waals surface area contributed by atoms with E-state index in [0.717, 1.165) is 37.5 Å². The molecule has 5 rings (SSSR count). The number of rotatable bonds is 4. The summed E-state index contributed by atoms with van der Waals surface area (Å²) in [6.45, 7) is 10.3. The van der Waals surface area contributed by atoms with Gasteiger partial charge in [-0.05, 0) is 85.9 Å². The molecule has 35 heavy (non-hydrogen) atoms. The molecule has 12 atom stereocenters. The van der Waals surface area contributed by atoms with Crippen LogP contribution in [-0.4, -0.2) is 58.3 Å². The van der Waals surface area contributed by atoms with Crippen molar-refractivity contribution in [3.8, 4) is 0 Å². The number of carbonyl (C=O) groups excluding carboxylic acids is 1. The molecule has 4 aliphatic carbocycles. The molecule has 0 bridgehead atoms. The van der Waals surface area contributed by atoms with Crippen molar-refractivity contribution in [2.24, 2.45) is 34.5 Å². The van der Waals surface area contributed by atoms with Gasteiger partial charge in [-0.25, -0.2) is 0 Å². The Morgan fingerprint density at radius 3 is 2.60 bits per heavy atom. The molecule has 1 aliphatic heterocycles. The van der Waals surface area contributed by atoms with Crippen LogP contribution in [-0.2, 0) is 19.0 Å². The van der Waals surface area contributed by atoms with Gasteiger partial charge < -0.3 is 29.5 Å². The minimum absolute atomic E-state index is 0.161. The van der Waals surface area contributed by atoms with Crippen LogP contribution in [0.3, 0.4) is 0 Å². The molecule has 0 spiro atoms. The number of fused-ring (bicyclic) bond motifs is 5. The highest BCUT2D eigenvalue weighted by atomic mass is 16.8. The van der Waals surface area contributed by atoms with Gasteiger partial charge in [0.2, 0.25) is 6.29 Å². The molecule has 0 aromatic heterocycles. The molecule has 7 nitrogen and oxygen atoms in total. The SMILES string of the molecule is C=C[C@H]1CC[C@H]2[C@@H]3CC=C4C[C@@H](OC5OC(O)C(O)C(O)C5OC(C)=O)CC[C@]4(C)[C@H]3CC[C@]12C. The van der Waals surface area contributed by atoms with E-state index >= 15 is 0 Å². The van der Waals surface area contributed by atoms with Crippen molar-refractivity contribution in [3.05, 3.63) is 24.3 Å². The minimum Gasteiger partial charge on any atom is -0.454 e. The molecular formula is C28H42O7. The van der Waals surface area contributed by atoms with Gasteiger partial charge in [-0.2, -0.15) is 0 Å². The van der Waals surface area contributed by atoms with Gasteiger partial charge in [0.1, 0.15) is 12.2 Å². The van der Waals surface area contributed by atoms with Crippen LogP contribution in [0.25, 0.3) is 0 Å². The quantitative estimate of drug-likeness (QED) is 0.409. The second-order valence-electron chi connectivity index (χ2n) is 12.2. The summed E-state index contributed by atoms with van der Waals surface area (Å²) in [7, 11) is 0. The summed E-state index contributed by atoms with van der Waals surface area (Å²) in [4.78, 5) is 11.6.